The van der Waals surface area contributed by atoms with Gasteiger partial charge in [0.1, 0.15) is 0 Å². The number of carboxylic acid groups (broad SMARTS) is 1. The van der Waals surface area contributed by atoms with Gasteiger partial charge in [0.05, 0.1) is 16.9 Å². The van der Waals surface area contributed by atoms with Gasteiger partial charge in [-0.25, -0.2) is 9.48 Å². The number of hydrogen-bond donors (Lipinski definition) is 1. The second-order valence-electron chi connectivity index (χ2n) is 3.68. The normalized spacial score (nSPS) is 10.4. The molecule has 4 nitrogen and oxygen atoms in total. The molecule has 2 rings (SSSR count). The van der Waals surface area contributed by atoms with Crippen molar-refractivity contribution >= 4 is 5.97 Å². The minimum atomic E-state index is -0.938. The van der Waals surface area contributed by atoms with Gasteiger partial charge in [-0.3, -0.25) is 0 Å². The van der Waals surface area contributed by atoms with Crippen molar-refractivity contribution in [1.82, 2.24) is 9.78 Å². The van der Waals surface area contributed by atoms with Crippen molar-refractivity contribution in [3.05, 3.63) is 47.3 Å². The van der Waals surface area contributed by atoms with Gasteiger partial charge in [-0.15, -0.1) is 0 Å². The molecule has 0 amide bonds. The molecule has 82 valence electrons. The van der Waals surface area contributed by atoms with Gasteiger partial charge in [0, 0.05) is 6.20 Å². The average molecular weight is 216 g/mol. The van der Waals surface area contributed by atoms with E-state index in [1.54, 1.807) is 23.0 Å². The van der Waals surface area contributed by atoms with E-state index >= 15 is 0 Å². The SMILES string of the molecule is Cc1ccn(-c2c(C)cccc2C(=O)O)n1. The van der Waals surface area contributed by atoms with Crippen LogP contribution < -0.4 is 0 Å². The van der Waals surface area contributed by atoms with Gasteiger partial charge in [0.2, 0.25) is 0 Å². The Balaban J connectivity index is 2.67. The highest BCUT2D eigenvalue weighted by atomic mass is 16.4. The molecule has 0 radical (unpaired) electrons. The quantitative estimate of drug-likeness (QED) is 0.837. The van der Waals surface area contributed by atoms with Crippen LogP contribution >= 0.6 is 0 Å². The van der Waals surface area contributed by atoms with Crippen molar-refractivity contribution in [2.45, 2.75) is 13.8 Å². The Hall–Kier alpha value is -2.10. The fourth-order valence-electron chi connectivity index (χ4n) is 1.68. The van der Waals surface area contributed by atoms with Gasteiger partial charge >= 0.3 is 5.97 Å². The summed E-state index contributed by atoms with van der Waals surface area (Å²) in [5, 5.41) is 13.4. The summed E-state index contributed by atoms with van der Waals surface area (Å²) >= 11 is 0. The molecule has 0 saturated carbocycles. The van der Waals surface area contributed by atoms with E-state index < -0.39 is 5.97 Å². The van der Waals surface area contributed by atoms with Crippen LogP contribution in [0.1, 0.15) is 21.6 Å². The van der Waals surface area contributed by atoms with E-state index in [1.165, 1.54) is 0 Å². The van der Waals surface area contributed by atoms with Crippen LogP contribution in [0.4, 0.5) is 0 Å². The van der Waals surface area contributed by atoms with Gasteiger partial charge in [-0.1, -0.05) is 12.1 Å². The van der Waals surface area contributed by atoms with Crippen molar-refractivity contribution in [1.29, 1.82) is 0 Å². The Morgan fingerprint density at radius 3 is 2.62 bits per heavy atom. The number of carbonyl (C=O) groups is 1. The number of carboxylic acids is 1. The second-order valence-corrected chi connectivity index (χ2v) is 3.68. The molecule has 1 heterocycles. The van der Waals surface area contributed by atoms with E-state index in [0.717, 1.165) is 11.3 Å². The second kappa shape index (κ2) is 3.81. The van der Waals surface area contributed by atoms with Gasteiger partial charge < -0.3 is 5.11 Å². The van der Waals surface area contributed by atoms with E-state index in [2.05, 4.69) is 5.10 Å². The monoisotopic (exact) mass is 216 g/mol. The van der Waals surface area contributed by atoms with Crippen LogP contribution in [-0.4, -0.2) is 20.9 Å². The zero-order valence-corrected chi connectivity index (χ0v) is 9.14. The molecule has 1 N–H and O–H groups in total. The molecular weight excluding hydrogens is 204 g/mol. The van der Waals surface area contributed by atoms with Crippen molar-refractivity contribution in [2.75, 3.05) is 0 Å². The number of para-hydroxylation sites is 1. The predicted molar refractivity (Wildman–Crippen MR) is 60.0 cm³/mol. The van der Waals surface area contributed by atoms with Crippen LogP contribution in [0.5, 0.6) is 0 Å². The van der Waals surface area contributed by atoms with Crippen LogP contribution in [0, 0.1) is 13.8 Å². The lowest BCUT2D eigenvalue weighted by molar-refractivity contribution is 0.0696. The van der Waals surface area contributed by atoms with Gasteiger partial charge in [0.15, 0.2) is 0 Å². The molecule has 0 aliphatic carbocycles. The topological polar surface area (TPSA) is 55.1 Å². The van der Waals surface area contributed by atoms with Crippen molar-refractivity contribution in [3.63, 3.8) is 0 Å². The summed E-state index contributed by atoms with van der Waals surface area (Å²) in [7, 11) is 0. The van der Waals surface area contributed by atoms with E-state index in [-0.39, 0.29) is 5.56 Å². The minimum Gasteiger partial charge on any atom is -0.478 e. The summed E-state index contributed by atoms with van der Waals surface area (Å²) in [5.41, 5.74) is 2.65. The Labute approximate surface area is 93.1 Å². The first kappa shape index (κ1) is 10.4. The molecule has 1 aromatic heterocycles. The highest BCUT2D eigenvalue weighted by Crippen LogP contribution is 2.18. The molecule has 0 fully saturated rings. The summed E-state index contributed by atoms with van der Waals surface area (Å²) in [6.07, 6.45) is 1.77. The summed E-state index contributed by atoms with van der Waals surface area (Å²) in [4.78, 5) is 11.1. The molecule has 0 aliphatic rings. The van der Waals surface area contributed by atoms with Gasteiger partial charge in [-0.05, 0) is 31.5 Å². The van der Waals surface area contributed by atoms with Crippen molar-refractivity contribution < 1.29 is 9.90 Å². The van der Waals surface area contributed by atoms with E-state index in [0.29, 0.717) is 5.69 Å². The number of aryl methyl sites for hydroxylation is 2. The van der Waals surface area contributed by atoms with Crippen LogP contribution in [0.25, 0.3) is 5.69 Å². The number of hydrogen-bond acceptors (Lipinski definition) is 2. The third-order valence-electron chi connectivity index (χ3n) is 2.42. The Morgan fingerprint density at radius 1 is 1.31 bits per heavy atom. The maximum Gasteiger partial charge on any atom is 0.337 e. The van der Waals surface area contributed by atoms with Crippen molar-refractivity contribution in [2.24, 2.45) is 0 Å². The van der Waals surface area contributed by atoms with Gasteiger partial charge in [0.25, 0.3) is 0 Å². The number of benzene rings is 1. The first-order valence-electron chi connectivity index (χ1n) is 4.95. The maximum atomic E-state index is 11.1. The minimum absolute atomic E-state index is 0.267. The lowest BCUT2D eigenvalue weighted by Gasteiger charge is -2.09. The third kappa shape index (κ3) is 1.69. The van der Waals surface area contributed by atoms with Crippen LogP contribution in [0.3, 0.4) is 0 Å². The van der Waals surface area contributed by atoms with E-state index in [4.69, 9.17) is 5.11 Å². The fraction of sp³-hybridized carbons (Fsp3) is 0.167. The highest BCUT2D eigenvalue weighted by molar-refractivity contribution is 5.92. The smallest absolute Gasteiger partial charge is 0.337 e. The lowest BCUT2D eigenvalue weighted by atomic mass is 10.1. The number of nitrogens with zero attached hydrogens (tertiary/aromatic N) is 2. The number of rotatable bonds is 2. The molecule has 0 spiro atoms. The molecule has 4 heteroatoms. The number of aromatic carboxylic acids is 1. The molecule has 0 unspecified atom stereocenters. The lowest BCUT2D eigenvalue weighted by Crippen LogP contribution is -2.07. The molecule has 16 heavy (non-hydrogen) atoms. The molecular formula is C12H12N2O2. The molecule has 2 aromatic rings. The molecule has 1 aromatic carbocycles. The molecule has 0 atom stereocenters. The van der Waals surface area contributed by atoms with Crippen LogP contribution in [0.2, 0.25) is 0 Å². The summed E-state index contributed by atoms with van der Waals surface area (Å²) in [6.45, 7) is 3.74. The van der Waals surface area contributed by atoms with Crippen LogP contribution in [0.15, 0.2) is 30.5 Å². The summed E-state index contributed by atoms with van der Waals surface area (Å²) in [6, 6.07) is 7.04. The molecule has 0 bridgehead atoms. The highest BCUT2D eigenvalue weighted by Gasteiger charge is 2.13. The maximum absolute atomic E-state index is 11.1. The summed E-state index contributed by atoms with van der Waals surface area (Å²) < 4.78 is 1.61. The molecule has 0 aliphatic heterocycles. The average Bonchev–Trinajstić information content (AvgIpc) is 2.64. The number of aromatic nitrogens is 2. The van der Waals surface area contributed by atoms with E-state index in [1.807, 2.05) is 26.0 Å². The Morgan fingerprint density at radius 2 is 2.06 bits per heavy atom. The summed E-state index contributed by atoms with van der Waals surface area (Å²) in [5.74, 6) is -0.938. The van der Waals surface area contributed by atoms with Gasteiger partial charge in [-0.2, -0.15) is 5.10 Å². The zero-order valence-electron chi connectivity index (χ0n) is 9.14. The van der Waals surface area contributed by atoms with E-state index in [9.17, 15) is 4.79 Å². The first-order valence-corrected chi connectivity index (χ1v) is 4.95. The zero-order chi connectivity index (χ0) is 11.7. The Bertz CT molecular complexity index is 544. The predicted octanol–water partition coefficient (Wildman–Crippen LogP) is 2.19. The third-order valence-corrected chi connectivity index (χ3v) is 2.42. The van der Waals surface area contributed by atoms with Crippen molar-refractivity contribution in [3.8, 4) is 5.69 Å². The molecule has 0 saturated heterocycles. The largest absolute Gasteiger partial charge is 0.478 e. The first-order chi connectivity index (χ1) is 7.59. The Kier molecular flexibility index (Phi) is 2.48. The van der Waals surface area contributed by atoms with Crippen LogP contribution in [-0.2, 0) is 0 Å². The standard InChI is InChI=1S/C12H12N2O2/c1-8-4-3-5-10(12(15)16)11(8)14-7-6-9(2)13-14/h3-7H,1-2H3,(H,15,16). The fourth-order valence-corrected chi connectivity index (χ4v) is 1.68.